The van der Waals surface area contributed by atoms with Crippen LogP contribution in [0.3, 0.4) is 0 Å². The Morgan fingerprint density at radius 2 is 2.05 bits per heavy atom. The van der Waals surface area contributed by atoms with Crippen molar-refractivity contribution in [2.45, 2.75) is 12.8 Å². The van der Waals surface area contributed by atoms with Crippen molar-refractivity contribution in [3.8, 4) is 0 Å². The normalized spacial score (nSPS) is 18.6. The van der Waals surface area contributed by atoms with Gasteiger partial charge in [-0.05, 0) is 37.0 Å². The molecule has 1 aromatic rings. The molecule has 1 unspecified atom stereocenters. The first kappa shape index (κ1) is 13.5. The van der Waals surface area contributed by atoms with E-state index in [9.17, 15) is 9.59 Å². The fourth-order valence-electron chi connectivity index (χ4n) is 2.40. The summed E-state index contributed by atoms with van der Waals surface area (Å²) in [6.45, 7) is 1.44. The van der Waals surface area contributed by atoms with E-state index in [1.54, 1.807) is 17.0 Å². The number of carbonyl (C=O) groups is 2. The second-order valence-electron chi connectivity index (χ2n) is 4.80. The molecule has 2 rings (SSSR count). The van der Waals surface area contributed by atoms with Crippen molar-refractivity contribution >= 4 is 11.9 Å². The van der Waals surface area contributed by atoms with Crippen molar-refractivity contribution in [2.75, 3.05) is 19.7 Å². The van der Waals surface area contributed by atoms with E-state index in [1.165, 1.54) is 12.1 Å². The summed E-state index contributed by atoms with van der Waals surface area (Å²) in [5.41, 5.74) is 0.529. The Balaban J connectivity index is 2.08. The quantitative estimate of drug-likeness (QED) is 0.856. The maximum absolute atomic E-state index is 12.2. The number of aliphatic hydroxyl groups excluding tert-OH is 1. The molecule has 1 saturated heterocycles. The van der Waals surface area contributed by atoms with E-state index >= 15 is 0 Å². The van der Waals surface area contributed by atoms with E-state index in [0.717, 1.165) is 6.42 Å². The number of nitrogens with zero attached hydrogens (tertiary/aromatic N) is 1. The zero-order chi connectivity index (χ0) is 13.8. The zero-order valence-corrected chi connectivity index (χ0v) is 10.6. The van der Waals surface area contributed by atoms with Crippen molar-refractivity contribution in [3.05, 3.63) is 35.4 Å². The first-order chi connectivity index (χ1) is 9.11. The number of aliphatic hydroxyl groups is 1. The fraction of sp³-hybridized carbons (Fsp3) is 0.429. The number of carbonyl (C=O) groups excluding carboxylic acids is 1. The predicted octanol–water partition coefficient (Wildman–Crippen LogP) is 1.23. The van der Waals surface area contributed by atoms with E-state index < -0.39 is 5.97 Å². The molecule has 1 amide bonds. The van der Waals surface area contributed by atoms with Crippen LogP contribution in [-0.4, -0.2) is 46.7 Å². The predicted molar refractivity (Wildman–Crippen MR) is 69.1 cm³/mol. The standard InChI is InChI=1S/C14H17NO4/c16-7-5-10-4-6-15(9-10)13(17)11-2-1-3-12(8-11)14(18)19/h1-3,8,10,16H,4-7,9H2,(H,18,19). The van der Waals surface area contributed by atoms with Gasteiger partial charge in [-0.25, -0.2) is 4.79 Å². The van der Waals surface area contributed by atoms with Gasteiger partial charge in [-0.15, -0.1) is 0 Å². The Kier molecular flexibility index (Phi) is 4.16. The van der Waals surface area contributed by atoms with E-state index in [-0.39, 0.29) is 18.1 Å². The lowest BCUT2D eigenvalue weighted by Crippen LogP contribution is -2.29. The van der Waals surface area contributed by atoms with Gasteiger partial charge < -0.3 is 15.1 Å². The molecule has 2 N–H and O–H groups in total. The van der Waals surface area contributed by atoms with Crippen LogP contribution < -0.4 is 0 Å². The molecule has 1 aromatic carbocycles. The van der Waals surface area contributed by atoms with Crippen LogP contribution in [-0.2, 0) is 0 Å². The van der Waals surface area contributed by atoms with Gasteiger partial charge in [-0.1, -0.05) is 6.07 Å². The monoisotopic (exact) mass is 263 g/mol. The third-order valence-corrected chi connectivity index (χ3v) is 3.47. The second-order valence-corrected chi connectivity index (χ2v) is 4.80. The van der Waals surface area contributed by atoms with Crippen LogP contribution in [0.1, 0.15) is 33.6 Å². The van der Waals surface area contributed by atoms with Gasteiger partial charge >= 0.3 is 5.97 Å². The molecule has 19 heavy (non-hydrogen) atoms. The molecular formula is C14H17NO4. The molecule has 1 aliphatic rings. The highest BCUT2D eigenvalue weighted by Crippen LogP contribution is 2.21. The van der Waals surface area contributed by atoms with Crippen LogP contribution in [0.25, 0.3) is 0 Å². The second kappa shape index (κ2) is 5.84. The largest absolute Gasteiger partial charge is 0.478 e. The van der Waals surface area contributed by atoms with Crippen LogP contribution in [0.4, 0.5) is 0 Å². The minimum absolute atomic E-state index is 0.122. The lowest BCUT2D eigenvalue weighted by molar-refractivity contribution is 0.0697. The van der Waals surface area contributed by atoms with E-state index in [0.29, 0.717) is 31.0 Å². The lowest BCUT2D eigenvalue weighted by Gasteiger charge is -2.16. The van der Waals surface area contributed by atoms with E-state index in [4.69, 9.17) is 10.2 Å². The molecule has 1 heterocycles. The summed E-state index contributed by atoms with van der Waals surface area (Å²) in [4.78, 5) is 24.8. The first-order valence-corrected chi connectivity index (χ1v) is 6.35. The van der Waals surface area contributed by atoms with Crippen LogP contribution in [0.2, 0.25) is 0 Å². The third kappa shape index (κ3) is 3.12. The number of aromatic carboxylic acids is 1. The van der Waals surface area contributed by atoms with E-state index in [1.807, 2.05) is 0 Å². The highest BCUT2D eigenvalue weighted by atomic mass is 16.4. The number of hydrogen-bond donors (Lipinski definition) is 2. The molecule has 5 heteroatoms. The number of carboxylic acids is 1. The van der Waals surface area contributed by atoms with Gasteiger partial charge in [0.05, 0.1) is 5.56 Å². The first-order valence-electron chi connectivity index (χ1n) is 6.35. The molecule has 1 fully saturated rings. The molecule has 0 aromatic heterocycles. The summed E-state index contributed by atoms with van der Waals surface area (Å²) in [5, 5.41) is 17.8. The SMILES string of the molecule is O=C(O)c1cccc(C(=O)N2CCC(CCO)C2)c1. The maximum Gasteiger partial charge on any atom is 0.335 e. The van der Waals surface area contributed by atoms with Crippen molar-refractivity contribution in [1.82, 2.24) is 4.90 Å². The molecule has 1 aliphatic heterocycles. The summed E-state index contributed by atoms with van der Waals surface area (Å²) < 4.78 is 0. The Labute approximate surface area is 111 Å². The van der Waals surface area contributed by atoms with Crippen molar-refractivity contribution < 1.29 is 19.8 Å². The lowest BCUT2D eigenvalue weighted by atomic mass is 10.1. The number of benzene rings is 1. The smallest absolute Gasteiger partial charge is 0.335 e. The number of carboxylic acid groups (broad SMARTS) is 1. The Hall–Kier alpha value is -1.88. The summed E-state index contributed by atoms with van der Waals surface area (Å²) >= 11 is 0. The molecule has 102 valence electrons. The number of amides is 1. The molecular weight excluding hydrogens is 246 g/mol. The minimum atomic E-state index is -1.03. The molecule has 0 bridgehead atoms. The van der Waals surface area contributed by atoms with Gasteiger partial charge in [0.15, 0.2) is 0 Å². The highest BCUT2D eigenvalue weighted by Gasteiger charge is 2.26. The number of likely N-dealkylation sites (tertiary alicyclic amines) is 1. The molecule has 5 nitrogen and oxygen atoms in total. The molecule has 0 radical (unpaired) electrons. The minimum Gasteiger partial charge on any atom is -0.478 e. The van der Waals surface area contributed by atoms with Gasteiger partial charge in [-0.3, -0.25) is 4.79 Å². The Bertz CT molecular complexity index is 486. The summed E-state index contributed by atoms with van der Waals surface area (Å²) in [5.74, 6) is -0.825. The van der Waals surface area contributed by atoms with Gasteiger partial charge in [0.25, 0.3) is 5.91 Å². The topological polar surface area (TPSA) is 77.8 Å². The zero-order valence-electron chi connectivity index (χ0n) is 10.6. The molecule has 0 spiro atoms. The third-order valence-electron chi connectivity index (χ3n) is 3.47. The molecule has 1 atom stereocenters. The Morgan fingerprint density at radius 1 is 1.32 bits per heavy atom. The van der Waals surface area contributed by atoms with Gasteiger partial charge in [0.2, 0.25) is 0 Å². The van der Waals surface area contributed by atoms with Gasteiger partial charge in [0.1, 0.15) is 0 Å². The van der Waals surface area contributed by atoms with E-state index in [2.05, 4.69) is 0 Å². The van der Waals surface area contributed by atoms with Crippen LogP contribution in [0, 0.1) is 5.92 Å². The molecule has 0 aliphatic carbocycles. The van der Waals surface area contributed by atoms with Crippen LogP contribution in [0.5, 0.6) is 0 Å². The fourth-order valence-corrected chi connectivity index (χ4v) is 2.40. The van der Waals surface area contributed by atoms with Crippen molar-refractivity contribution in [3.63, 3.8) is 0 Å². The molecule has 0 saturated carbocycles. The Morgan fingerprint density at radius 3 is 2.74 bits per heavy atom. The average Bonchev–Trinajstić information content (AvgIpc) is 2.87. The number of hydrogen-bond acceptors (Lipinski definition) is 3. The van der Waals surface area contributed by atoms with Gasteiger partial charge in [0, 0.05) is 25.3 Å². The summed E-state index contributed by atoms with van der Waals surface area (Å²) in [6.07, 6.45) is 1.60. The van der Waals surface area contributed by atoms with Crippen LogP contribution in [0.15, 0.2) is 24.3 Å². The summed E-state index contributed by atoms with van der Waals surface area (Å²) in [7, 11) is 0. The number of rotatable bonds is 4. The summed E-state index contributed by atoms with van der Waals surface area (Å²) in [6, 6.07) is 6.09. The van der Waals surface area contributed by atoms with Crippen molar-refractivity contribution in [1.29, 1.82) is 0 Å². The van der Waals surface area contributed by atoms with Crippen LogP contribution >= 0.6 is 0 Å². The highest BCUT2D eigenvalue weighted by molar-refractivity contribution is 5.97. The van der Waals surface area contributed by atoms with Crippen molar-refractivity contribution in [2.24, 2.45) is 5.92 Å². The average molecular weight is 263 g/mol. The van der Waals surface area contributed by atoms with Gasteiger partial charge in [-0.2, -0.15) is 0 Å². The maximum atomic E-state index is 12.2.